The Balaban J connectivity index is 1.77. The minimum atomic E-state index is -3.17. The summed E-state index contributed by atoms with van der Waals surface area (Å²) in [5.41, 5.74) is 2.29. The molecule has 1 N–H and O–H groups in total. The number of sulfonamides is 1. The van der Waals surface area contributed by atoms with E-state index in [4.69, 9.17) is 5.11 Å². The van der Waals surface area contributed by atoms with Crippen molar-refractivity contribution >= 4 is 16.0 Å². The molecular formula is C18H21N3O4S. The Bertz CT molecular complexity index is 914. The summed E-state index contributed by atoms with van der Waals surface area (Å²) in [7, 11) is -3.17. The molecule has 0 radical (unpaired) electrons. The summed E-state index contributed by atoms with van der Waals surface area (Å²) in [5, 5.41) is 9.13. The van der Waals surface area contributed by atoms with Crippen molar-refractivity contribution in [2.75, 3.05) is 19.3 Å². The summed E-state index contributed by atoms with van der Waals surface area (Å²) in [6, 6.07) is 6.58. The third kappa shape index (κ3) is 4.44. The van der Waals surface area contributed by atoms with Crippen molar-refractivity contribution in [1.82, 2.24) is 14.3 Å². The highest BCUT2D eigenvalue weighted by molar-refractivity contribution is 7.88. The lowest BCUT2D eigenvalue weighted by atomic mass is 9.95. The molecule has 0 spiro atoms. The predicted molar refractivity (Wildman–Crippen MR) is 97.3 cm³/mol. The molecule has 8 heteroatoms. The van der Waals surface area contributed by atoms with Gasteiger partial charge in [-0.15, -0.1) is 0 Å². The molecule has 1 aliphatic rings. The van der Waals surface area contributed by atoms with Gasteiger partial charge in [-0.1, -0.05) is 12.1 Å². The Morgan fingerprint density at radius 2 is 2.15 bits per heavy atom. The molecule has 1 atom stereocenters. The fourth-order valence-corrected chi connectivity index (χ4v) is 4.19. The fraction of sp³-hybridized carbons (Fsp3) is 0.389. The number of piperidine rings is 1. The van der Waals surface area contributed by atoms with Gasteiger partial charge in [0.25, 0.3) is 0 Å². The van der Waals surface area contributed by atoms with Gasteiger partial charge in [0.2, 0.25) is 10.0 Å². The highest BCUT2D eigenvalue weighted by Crippen LogP contribution is 2.23. The molecule has 0 aliphatic carbocycles. The molecule has 2 aromatic rings. The molecule has 138 valence electrons. The zero-order valence-corrected chi connectivity index (χ0v) is 15.3. The van der Waals surface area contributed by atoms with E-state index in [0.717, 1.165) is 18.5 Å². The maximum atomic E-state index is 11.8. The zero-order chi connectivity index (χ0) is 18.7. The van der Waals surface area contributed by atoms with Gasteiger partial charge >= 0.3 is 5.97 Å². The van der Waals surface area contributed by atoms with Gasteiger partial charge in [-0.05, 0) is 37.3 Å². The van der Waals surface area contributed by atoms with Crippen molar-refractivity contribution in [2.45, 2.75) is 19.3 Å². The summed E-state index contributed by atoms with van der Waals surface area (Å²) < 4.78 is 25.0. The van der Waals surface area contributed by atoms with Gasteiger partial charge in [0.1, 0.15) is 0 Å². The van der Waals surface area contributed by atoms with Crippen LogP contribution in [0.1, 0.15) is 28.9 Å². The van der Waals surface area contributed by atoms with E-state index in [1.165, 1.54) is 16.6 Å². The number of rotatable bonds is 5. The molecule has 1 aromatic heterocycles. The second kappa shape index (κ2) is 7.51. The molecule has 26 heavy (non-hydrogen) atoms. The van der Waals surface area contributed by atoms with E-state index in [-0.39, 0.29) is 11.5 Å². The second-order valence-electron chi connectivity index (χ2n) is 6.61. The monoisotopic (exact) mass is 375 g/mol. The molecule has 0 amide bonds. The van der Waals surface area contributed by atoms with Crippen LogP contribution in [0.25, 0.3) is 11.3 Å². The Morgan fingerprint density at radius 3 is 2.88 bits per heavy atom. The summed E-state index contributed by atoms with van der Waals surface area (Å²) in [4.78, 5) is 20.0. The standard InChI is InChI=1S/C18H21N3O4S/c1-26(24,25)21-7-3-4-13(12-21)8-16-10-19-11-17(20-16)14-5-2-6-15(9-14)18(22)23/h2,5-6,9-11,13H,3-4,7-8,12H2,1H3,(H,22,23)/t13-/m1/s1. The van der Waals surface area contributed by atoms with Crippen LogP contribution in [-0.4, -0.2) is 53.1 Å². The maximum absolute atomic E-state index is 11.8. The molecule has 1 aromatic carbocycles. The van der Waals surface area contributed by atoms with Gasteiger partial charge in [0, 0.05) is 24.8 Å². The molecule has 3 rings (SSSR count). The van der Waals surface area contributed by atoms with Crippen molar-refractivity contribution in [1.29, 1.82) is 0 Å². The van der Waals surface area contributed by atoms with Gasteiger partial charge in [0.15, 0.2) is 0 Å². The number of aromatic carboxylic acids is 1. The molecule has 0 saturated carbocycles. The number of hydrogen-bond acceptors (Lipinski definition) is 5. The first-order valence-corrected chi connectivity index (χ1v) is 10.3. The quantitative estimate of drug-likeness (QED) is 0.858. The first-order valence-electron chi connectivity index (χ1n) is 8.42. The number of benzene rings is 1. The average molecular weight is 375 g/mol. The predicted octanol–water partition coefficient (Wildman–Crippen LogP) is 2.06. The van der Waals surface area contributed by atoms with Crippen molar-refractivity contribution in [3.63, 3.8) is 0 Å². The Morgan fingerprint density at radius 1 is 1.35 bits per heavy atom. The summed E-state index contributed by atoms with van der Waals surface area (Å²) in [6.07, 6.45) is 6.97. The molecule has 1 fully saturated rings. The van der Waals surface area contributed by atoms with E-state index < -0.39 is 16.0 Å². The SMILES string of the molecule is CS(=O)(=O)N1CCC[C@H](Cc2cncc(-c3cccc(C(=O)O)c3)n2)C1. The zero-order valence-electron chi connectivity index (χ0n) is 14.5. The van der Waals surface area contributed by atoms with Gasteiger partial charge in [-0.2, -0.15) is 0 Å². The highest BCUT2D eigenvalue weighted by Gasteiger charge is 2.26. The average Bonchev–Trinajstić information content (AvgIpc) is 2.61. The molecule has 0 bridgehead atoms. The van der Waals surface area contributed by atoms with Crippen LogP contribution in [0.2, 0.25) is 0 Å². The van der Waals surface area contributed by atoms with Crippen LogP contribution in [0.5, 0.6) is 0 Å². The summed E-state index contributed by atoms with van der Waals surface area (Å²) >= 11 is 0. The van der Waals surface area contributed by atoms with Gasteiger partial charge in [-0.25, -0.2) is 22.5 Å². The molecule has 1 aliphatic heterocycles. The van der Waals surface area contributed by atoms with Gasteiger partial charge < -0.3 is 5.11 Å². The van der Waals surface area contributed by atoms with Crippen LogP contribution < -0.4 is 0 Å². The van der Waals surface area contributed by atoms with Gasteiger partial charge in [-0.3, -0.25) is 4.98 Å². The number of nitrogens with zero attached hydrogens (tertiary/aromatic N) is 3. The number of carboxylic acids is 1. The Hall–Kier alpha value is -2.32. The fourth-order valence-electron chi connectivity index (χ4n) is 3.25. The number of carbonyl (C=O) groups is 1. The summed E-state index contributed by atoms with van der Waals surface area (Å²) in [5.74, 6) is -0.785. The molecule has 0 unspecified atom stereocenters. The van der Waals surface area contributed by atoms with E-state index in [1.54, 1.807) is 30.6 Å². The normalized spacial score (nSPS) is 18.6. The minimum absolute atomic E-state index is 0.200. The van der Waals surface area contributed by atoms with Crippen LogP contribution >= 0.6 is 0 Å². The van der Waals surface area contributed by atoms with Gasteiger partial charge in [0.05, 0.1) is 29.4 Å². The van der Waals surface area contributed by atoms with E-state index in [1.807, 2.05) is 0 Å². The van der Waals surface area contributed by atoms with Crippen LogP contribution in [0.4, 0.5) is 0 Å². The first-order chi connectivity index (χ1) is 12.3. The van der Waals surface area contributed by atoms with Crippen molar-refractivity contribution in [2.24, 2.45) is 5.92 Å². The van der Waals surface area contributed by atoms with Crippen molar-refractivity contribution < 1.29 is 18.3 Å². The third-order valence-electron chi connectivity index (χ3n) is 4.54. The lowest BCUT2D eigenvalue weighted by Crippen LogP contribution is -2.39. The Labute approximate surface area is 152 Å². The largest absolute Gasteiger partial charge is 0.478 e. The number of hydrogen-bond donors (Lipinski definition) is 1. The lowest BCUT2D eigenvalue weighted by Gasteiger charge is -2.30. The first kappa shape index (κ1) is 18.5. The van der Waals surface area contributed by atoms with Crippen molar-refractivity contribution in [3.8, 4) is 11.3 Å². The number of carboxylic acid groups (broad SMARTS) is 1. The third-order valence-corrected chi connectivity index (χ3v) is 5.81. The van der Waals surface area contributed by atoms with Crippen LogP contribution in [0.3, 0.4) is 0 Å². The molecule has 7 nitrogen and oxygen atoms in total. The summed E-state index contributed by atoms with van der Waals surface area (Å²) in [6.45, 7) is 1.07. The topological polar surface area (TPSA) is 100 Å². The van der Waals surface area contributed by atoms with E-state index in [2.05, 4.69) is 9.97 Å². The van der Waals surface area contributed by atoms with Crippen LogP contribution in [0.15, 0.2) is 36.7 Å². The van der Waals surface area contributed by atoms with Crippen LogP contribution in [0, 0.1) is 5.92 Å². The minimum Gasteiger partial charge on any atom is -0.478 e. The lowest BCUT2D eigenvalue weighted by molar-refractivity contribution is 0.0697. The molecule has 2 heterocycles. The van der Waals surface area contributed by atoms with E-state index in [0.29, 0.717) is 30.8 Å². The van der Waals surface area contributed by atoms with Crippen molar-refractivity contribution in [3.05, 3.63) is 47.9 Å². The number of aromatic nitrogens is 2. The van der Waals surface area contributed by atoms with E-state index >= 15 is 0 Å². The molecule has 1 saturated heterocycles. The van der Waals surface area contributed by atoms with E-state index in [9.17, 15) is 13.2 Å². The Kier molecular flexibility index (Phi) is 5.33. The second-order valence-corrected chi connectivity index (χ2v) is 8.60. The highest BCUT2D eigenvalue weighted by atomic mass is 32.2. The van der Waals surface area contributed by atoms with Crippen LogP contribution in [-0.2, 0) is 16.4 Å². The molecular weight excluding hydrogens is 354 g/mol. The maximum Gasteiger partial charge on any atom is 0.335 e. The smallest absolute Gasteiger partial charge is 0.335 e.